The van der Waals surface area contributed by atoms with Gasteiger partial charge in [0.25, 0.3) is 0 Å². The highest BCUT2D eigenvalue weighted by Gasteiger charge is 2.26. The van der Waals surface area contributed by atoms with Crippen molar-refractivity contribution in [2.75, 3.05) is 19.6 Å². The summed E-state index contributed by atoms with van der Waals surface area (Å²) in [4.78, 5) is 14.6. The first-order chi connectivity index (χ1) is 13.5. The Balaban J connectivity index is 1.52. The van der Waals surface area contributed by atoms with E-state index in [1.165, 1.54) is 12.1 Å². The second kappa shape index (κ2) is 9.54. The van der Waals surface area contributed by atoms with Gasteiger partial charge < -0.3 is 19.8 Å². The highest BCUT2D eigenvalue weighted by Crippen LogP contribution is 2.25. The zero-order chi connectivity index (χ0) is 19.9. The molecule has 1 aromatic heterocycles. The lowest BCUT2D eigenvalue weighted by molar-refractivity contribution is -0.0498. The first-order valence-corrected chi connectivity index (χ1v) is 9.39. The van der Waals surface area contributed by atoms with E-state index >= 15 is 0 Å². The molecule has 2 aromatic rings. The van der Waals surface area contributed by atoms with Crippen LogP contribution in [0.15, 0.2) is 47.1 Å². The summed E-state index contributed by atoms with van der Waals surface area (Å²) in [7, 11) is 0. The maximum atomic E-state index is 12.3. The summed E-state index contributed by atoms with van der Waals surface area (Å²) in [5, 5.41) is 5.77. The molecule has 1 aliphatic heterocycles. The van der Waals surface area contributed by atoms with E-state index in [1.54, 1.807) is 18.4 Å². The third-order valence-electron chi connectivity index (χ3n) is 4.86. The molecule has 2 atom stereocenters. The van der Waals surface area contributed by atoms with Crippen LogP contribution in [0.25, 0.3) is 0 Å². The minimum Gasteiger partial charge on any atom is -0.468 e. The summed E-state index contributed by atoms with van der Waals surface area (Å²) in [6, 6.07) is 9.42. The predicted molar refractivity (Wildman–Crippen MR) is 100 cm³/mol. The van der Waals surface area contributed by atoms with Gasteiger partial charge in [0.15, 0.2) is 0 Å². The lowest BCUT2D eigenvalue weighted by Crippen LogP contribution is -2.42. The molecule has 2 amide bonds. The summed E-state index contributed by atoms with van der Waals surface area (Å²) in [6.07, 6.45) is 3.93. The van der Waals surface area contributed by atoms with Gasteiger partial charge in [-0.05, 0) is 62.7 Å². The van der Waals surface area contributed by atoms with E-state index in [4.69, 9.17) is 4.42 Å². The summed E-state index contributed by atoms with van der Waals surface area (Å²) in [5.41, 5.74) is 0.791. The number of ether oxygens (including phenoxy) is 1. The number of furan rings is 1. The molecule has 1 aromatic carbocycles. The molecule has 2 N–H and O–H groups in total. The van der Waals surface area contributed by atoms with Crippen LogP contribution in [0.4, 0.5) is 13.6 Å². The van der Waals surface area contributed by atoms with Crippen molar-refractivity contribution in [1.82, 2.24) is 15.5 Å². The Morgan fingerprint density at radius 1 is 1.21 bits per heavy atom. The molecule has 1 saturated heterocycles. The predicted octanol–water partition coefficient (Wildman–Crippen LogP) is 4.08. The van der Waals surface area contributed by atoms with Crippen molar-refractivity contribution < 1.29 is 22.7 Å². The fraction of sp³-hybridized carbons (Fsp3) is 0.450. The molecule has 0 aliphatic carbocycles. The van der Waals surface area contributed by atoms with Crippen molar-refractivity contribution in [2.45, 2.75) is 38.5 Å². The summed E-state index contributed by atoms with van der Waals surface area (Å²) in [6.45, 7) is 1.38. The number of halogens is 2. The molecule has 2 heterocycles. The van der Waals surface area contributed by atoms with Crippen LogP contribution >= 0.6 is 0 Å². The molecule has 2 unspecified atom stereocenters. The van der Waals surface area contributed by atoms with Crippen LogP contribution in [0.1, 0.15) is 43.2 Å². The van der Waals surface area contributed by atoms with Crippen molar-refractivity contribution >= 4 is 6.03 Å². The zero-order valence-electron chi connectivity index (χ0n) is 15.7. The first-order valence-electron chi connectivity index (χ1n) is 9.39. The van der Waals surface area contributed by atoms with Crippen LogP contribution in [0, 0.1) is 0 Å². The molecule has 0 saturated carbocycles. The average molecular weight is 393 g/mol. The fourth-order valence-corrected chi connectivity index (χ4v) is 3.40. The van der Waals surface area contributed by atoms with E-state index in [2.05, 4.69) is 20.3 Å². The number of hydrogen-bond donors (Lipinski definition) is 2. The van der Waals surface area contributed by atoms with E-state index in [-0.39, 0.29) is 23.9 Å². The standard InChI is InChI=1S/C20H25F2N3O3/c1-14(15-6-8-16(9-7-15)28-19(21)22)24-20(26)23-13-17(18-5-4-12-27-18)25-10-2-3-11-25/h4-9,12,14,17,19H,2-3,10-11,13H2,1H3,(H2,23,24,26). The first kappa shape index (κ1) is 20.1. The van der Waals surface area contributed by atoms with Gasteiger partial charge in [0.05, 0.1) is 18.3 Å². The lowest BCUT2D eigenvalue weighted by Gasteiger charge is -2.26. The van der Waals surface area contributed by atoms with E-state index in [0.29, 0.717) is 6.54 Å². The van der Waals surface area contributed by atoms with E-state index in [0.717, 1.165) is 37.3 Å². The molecule has 6 nitrogen and oxygen atoms in total. The molecule has 8 heteroatoms. The highest BCUT2D eigenvalue weighted by atomic mass is 19.3. The second-order valence-corrected chi connectivity index (χ2v) is 6.80. The zero-order valence-corrected chi connectivity index (χ0v) is 15.7. The van der Waals surface area contributed by atoms with Crippen LogP contribution in [-0.4, -0.2) is 37.2 Å². The summed E-state index contributed by atoms with van der Waals surface area (Å²) >= 11 is 0. The number of benzene rings is 1. The molecule has 0 bridgehead atoms. The quantitative estimate of drug-likeness (QED) is 0.709. The molecule has 152 valence electrons. The van der Waals surface area contributed by atoms with Crippen LogP contribution < -0.4 is 15.4 Å². The van der Waals surface area contributed by atoms with Gasteiger partial charge in [0.1, 0.15) is 11.5 Å². The molecular formula is C20H25F2N3O3. The van der Waals surface area contributed by atoms with Crippen molar-refractivity contribution in [1.29, 1.82) is 0 Å². The normalized spacial score (nSPS) is 16.7. The van der Waals surface area contributed by atoms with Crippen LogP contribution in [0.2, 0.25) is 0 Å². The van der Waals surface area contributed by atoms with Gasteiger partial charge in [-0.1, -0.05) is 12.1 Å². The Labute approximate surface area is 162 Å². The van der Waals surface area contributed by atoms with Crippen molar-refractivity contribution in [3.63, 3.8) is 0 Å². The molecule has 0 radical (unpaired) electrons. The van der Waals surface area contributed by atoms with Gasteiger partial charge in [-0.2, -0.15) is 8.78 Å². The number of nitrogens with one attached hydrogen (secondary N) is 2. The van der Waals surface area contributed by atoms with Gasteiger partial charge in [-0.3, -0.25) is 4.90 Å². The highest BCUT2D eigenvalue weighted by molar-refractivity contribution is 5.74. The number of likely N-dealkylation sites (tertiary alicyclic amines) is 1. The third-order valence-corrected chi connectivity index (χ3v) is 4.86. The van der Waals surface area contributed by atoms with E-state index < -0.39 is 6.61 Å². The maximum absolute atomic E-state index is 12.3. The van der Waals surface area contributed by atoms with Crippen LogP contribution in [0.3, 0.4) is 0 Å². The van der Waals surface area contributed by atoms with Crippen molar-refractivity contribution in [2.24, 2.45) is 0 Å². The largest absolute Gasteiger partial charge is 0.468 e. The van der Waals surface area contributed by atoms with Crippen molar-refractivity contribution in [3.8, 4) is 5.75 Å². The smallest absolute Gasteiger partial charge is 0.387 e. The Hall–Kier alpha value is -2.61. The van der Waals surface area contributed by atoms with E-state index in [1.807, 2.05) is 19.1 Å². The number of hydrogen-bond acceptors (Lipinski definition) is 4. The number of rotatable bonds is 8. The molecule has 1 aliphatic rings. The lowest BCUT2D eigenvalue weighted by atomic mass is 10.1. The maximum Gasteiger partial charge on any atom is 0.387 e. The topological polar surface area (TPSA) is 66.7 Å². The monoisotopic (exact) mass is 393 g/mol. The molecule has 0 spiro atoms. The number of alkyl halides is 2. The van der Waals surface area contributed by atoms with Gasteiger partial charge in [0, 0.05) is 6.54 Å². The number of amides is 2. The number of nitrogens with zero attached hydrogens (tertiary/aromatic N) is 1. The minimum absolute atomic E-state index is 0.00401. The van der Waals surface area contributed by atoms with Gasteiger partial charge in [-0.25, -0.2) is 4.79 Å². The average Bonchev–Trinajstić information content (AvgIpc) is 3.36. The van der Waals surface area contributed by atoms with Crippen LogP contribution in [0.5, 0.6) is 5.75 Å². The third kappa shape index (κ3) is 5.45. The minimum atomic E-state index is -2.86. The van der Waals surface area contributed by atoms with Gasteiger partial charge in [-0.15, -0.1) is 0 Å². The van der Waals surface area contributed by atoms with Crippen LogP contribution in [-0.2, 0) is 0 Å². The van der Waals surface area contributed by atoms with E-state index in [9.17, 15) is 13.6 Å². The SMILES string of the molecule is CC(NC(=O)NCC(c1ccco1)N1CCCC1)c1ccc(OC(F)F)cc1. The molecule has 3 rings (SSSR count). The molecular weight excluding hydrogens is 368 g/mol. The summed E-state index contributed by atoms with van der Waals surface area (Å²) < 4.78 is 34.3. The summed E-state index contributed by atoms with van der Waals surface area (Å²) in [5.74, 6) is 0.923. The molecule has 1 fully saturated rings. The second-order valence-electron chi connectivity index (χ2n) is 6.80. The molecule has 28 heavy (non-hydrogen) atoms. The Morgan fingerprint density at radius 2 is 1.93 bits per heavy atom. The van der Waals surface area contributed by atoms with Gasteiger partial charge >= 0.3 is 12.6 Å². The number of urea groups is 1. The Kier molecular flexibility index (Phi) is 6.86. The Morgan fingerprint density at radius 3 is 2.54 bits per heavy atom. The van der Waals surface area contributed by atoms with Crippen molar-refractivity contribution in [3.05, 3.63) is 54.0 Å². The van der Waals surface area contributed by atoms with Gasteiger partial charge in [0.2, 0.25) is 0 Å². The fourth-order valence-electron chi connectivity index (χ4n) is 3.40. The Bertz CT molecular complexity index is 732. The number of carbonyl (C=O) groups excluding carboxylic acids is 1. The number of carbonyl (C=O) groups is 1.